The van der Waals surface area contributed by atoms with Crippen LogP contribution >= 0.6 is 0 Å². The number of nitrogens with zero attached hydrogens (tertiary/aromatic N) is 1. The van der Waals surface area contributed by atoms with Gasteiger partial charge in [0.15, 0.2) is 5.76 Å². The Labute approximate surface area is 160 Å². The first-order valence-corrected chi connectivity index (χ1v) is 9.45. The first-order chi connectivity index (χ1) is 12.9. The summed E-state index contributed by atoms with van der Waals surface area (Å²) in [7, 11) is 0. The van der Waals surface area contributed by atoms with Crippen molar-refractivity contribution in [3.63, 3.8) is 0 Å². The maximum absolute atomic E-state index is 13.0. The molecule has 4 nitrogen and oxygen atoms in total. The molecule has 27 heavy (non-hydrogen) atoms. The first kappa shape index (κ1) is 17.8. The lowest BCUT2D eigenvalue weighted by molar-refractivity contribution is 0.0835. The number of benzene rings is 2. The number of hydrogen-bond acceptors (Lipinski definition) is 4. The van der Waals surface area contributed by atoms with Gasteiger partial charge in [-0.15, -0.1) is 0 Å². The largest absolute Gasteiger partial charge is 0.477 e. The number of carbonyl (C=O) groups is 1. The number of ether oxygens (including phenoxy) is 2. The number of rotatable bonds is 3. The van der Waals surface area contributed by atoms with Gasteiger partial charge >= 0.3 is 0 Å². The van der Waals surface area contributed by atoms with E-state index in [9.17, 15) is 4.79 Å². The fraction of sp³-hybridized carbons (Fsp3) is 0.348. The van der Waals surface area contributed by atoms with Gasteiger partial charge in [-0.1, -0.05) is 38.1 Å². The lowest BCUT2D eigenvalue weighted by atomic mass is 9.99. The fourth-order valence-corrected chi connectivity index (χ4v) is 3.82. The lowest BCUT2D eigenvalue weighted by Crippen LogP contribution is -2.35. The molecule has 2 aromatic rings. The average molecular weight is 363 g/mol. The zero-order chi connectivity index (χ0) is 19.1. The third-order valence-electron chi connectivity index (χ3n) is 5.10. The van der Waals surface area contributed by atoms with Gasteiger partial charge < -0.3 is 9.47 Å². The van der Waals surface area contributed by atoms with Crippen molar-refractivity contribution in [3.8, 4) is 11.5 Å². The molecule has 0 saturated heterocycles. The lowest BCUT2D eigenvalue weighted by Gasteiger charge is -2.31. The van der Waals surface area contributed by atoms with Gasteiger partial charge in [0.2, 0.25) is 5.78 Å². The zero-order valence-corrected chi connectivity index (χ0v) is 16.3. The predicted molar refractivity (Wildman–Crippen MR) is 106 cm³/mol. The fourth-order valence-electron chi connectivity index (χ4n) is 3.82. The Hall–Kier alpha value is -2.59. The molecule has 140 valence electrons. The maximum atomic E-state index is 13.0. The van der Waals surface area contributed by atoms with Crippen LogP contribution in [0.2, 0.25) is 0 Å². The van der Waals surface area contributed by atoms with Crippen LogP contribution in [0.1, 0.15) is 46.5 Å². The van der Waals surface area contributed by atoms with E-state index in [-0.39, 0.29) is 5.78 Å². The summed E-state index contributed by atoms with van der Waals surface area (Å²) in [6.45, 7) is 10.7. The highest BCUT2D eigenvalue weighted by Gasteiger charge is 2.33. The predicted octanol–water partition coefficient (Wildman–Crippen LogP) is 4.73. The molecule has 4 rings (SSSR count). The molecule has 0 saturated carbocycles. The summed E-state index contributed by atoms with van der Waals surface area (Å²) in [5.74, 6) is 2.39. The van der Waals surface area contributed by atoms with E-state index in [2.05, 4.69) is 18.7 Å². The monoisotopic (exact) mass is 363 g/mol. The highest BCUT2D eigenvalue weighted by atomic mass is 16.5. The number of allylic oxidation sites excluding steroid dienone is 1. The molecular weight excluding hydrogens is 338 g/mol. The minimum Gasteiger partial charge on any atom is -0.477 e. The molecule has 0 amide bonds. The molecule has 0 aliphatic carbocycles. The standard InChI is InChI=1S/C23H25NO3/c1-14(2)11-24-12-18-9-19-21(25)20(10-17-8-6-5-7-15(17)3)27-23(19)16(4)22(18)26-13-24/h5-10,14H,11-13H2,1-4H3/b20-10-. The summed E-state index contributed by atoms with van der Waals surface area (Å²) >= 11 is 0. The normalized spacial score (nSPS) is 17.7. The van der Waals surface area contributed by atoms with Crippen molar-refractivity contribution in [2.75, 3.05) is 13.3 Å². The Kier molecular flexibility index (Phi) is 4.52. The van der Waals surface area contributed by atoms with Crippen LogP contribution in [0.5, 0.6) is 11.5 Å². The quantitative estimate of drug-likeness (QED) is 0.739. The van der Waals surface area contributed by atoms with E-state index >= 15 is 0 Å². The topological polar surface area (TPSA) is 38.8 Å². The van der Waals surface area contributed by atoms with E-state index in [1.807, 2.05) is 50.3 Å². The van der Waals surface area contributed by atoms with Gasteiger partial charge in [-0.2, -0.15) is 0 Å². The van der Waals surface area contributed by atoms with Crippen LogP contribution < -0.4 is 9.47 Å². The van der Waals surface area contributed by atoms with E-state index in [4.69, 9.17) is 9.47 Å². The number of aryl methyl sites for hydroxylation is 1. The van der Waals surface area contributed by atoms with Crippen LogP contribution in [0.15, 0.2) is 36.1 Å². The molecule has 0 unspecified atom stereocenters. The number of hydrogen-bond donors (Lipinski definition) is 0. The summed E-state index contributed by atoms with van der Waals surface area (Å²) in [4.78, 5) is 15.2. The second kappa shape index (κ2) is 6.86. The van der Waals surface area contributed by atoms with Crippen LogP contribution in [0.4, 0.5) is 0 Å². The molecular formula is C23H25NO3. The van der Waals surface area contributed by atoms with Gasteiger partial charge in [0, 0.05) is 24.2 Å². The number of carbonyl (C=O) groups excluding carboxylic acids is 1. The molecule has 2 aromatic carbocycles. The van der Waals surface area contributed by atoms with E-state index in [1.165, 1.54) is 0 Å². The average Bonchev–Trinajstić information content (AvgIpc) is 2.93. The number of fused-ring (bicyclic) bond motifs is 2. The molecule has 0 spiro atoms. The van der Waals surface area contributed by atoms with Crippen molar-refractivity contribution < 1.29 is 14.3 Å². The second-order valence-corrected chi connectivity index (χ2v) is 7.84. The van der Waals surface area contributed by atoms with Crippen molar-refractivity contribution in [3.05, 3.63) is 63.9 Å². The van der Waals surface area contributed by atoms with Crippen molar-refractivity contribution in [1.82, 2.24) is 4.90 Å². The second-order valence-electron chi connectivity index (χ2n) is 7.84. The highest BCUT2D eigenvalue weighted by Crippen LogP contribution is 2.43. The summed E-state index contributed by atoms with van der Waals surface area (Å²) in [5, 5.41) is 0. The molecule has 0 atom stereocenters. The van der Waals surface area contributed by atoms with Crippen LogP contribution in [-0.4, -0.2) is 24.0 Å². The Morgan fingerprint density at radius 1 is 1.19 bits per heavy atom. The van der Waals surface area contributed by atoms with Crippen molar-refractivity contribution in [1.29, 1.82) is 0 Å². The minimum atomic E-state index is -0.0554. The summed E-state index contributed by atoms with van der Waals surface area (Å²) < 4.78 is 12.0. The maximum Gasteiger partial charge on any atom is 0.231 e. The van der Waals surface area contributed by atoms with Gasteiger partial charge in [0.05, 0.1) is 5.56 Å². The summed E-state index contributed by atoms with van der Waals surface area (Å²) in [6.07, 6.45) is 1.84. The van der Waals surface area contributed by atoms with Gasteiger partial charge in [-0.05, 0) is 43.0 Å². The van der Waals surface area contributed by atoms with Crippen molar-refractivity contribution in [2.45, 2.75) is 34.2 Å². The molecule has 4 heteroatoms. The van der Waals surface area contributed by atoms with E-state index in [0.29, 0.717) is 29.7 Å². The molecule has 2 aliphatic rings. The SMILES string of the molecule is Cc1ccccc1/C=C1\Oc2c(cc3c(c2C)OCN(CC(C)C)C3)C1=O. The number of ketones is 1. The van der Waals surface area contributed by atoms with Crippen LogP contribution in [0.3, 0.4) is 0 Å². The van der Waals surface area contributed by atoms with Crippen LogP contribution in [0.25, 0.3) is 6.08 Å². The number of Topliss-reactive ketones (excluding diaryl/α,β-unsaturated/α-hetero) is 1. The summed E-state index contributed by atoms with van der Waals surface area (Å²) in [6, 6.07) is 9.92. The van der Waals surface area contributed by atoms with Gasteiger partial charge in [-0.25, -0.2) is 0 Å². The van der Waals surface area contributed by atoms with Crippen LogP contribution in [0, 0.1) is 19.8 Å². The molecule has 2 aliphatic heterocycles. The smallest absolute Gasteiger partial charge is 0.231 e. The Bertz CT molecular complexity index is 943. The molecule has 0 radical (unpaired) electrons. The van der Waals surface area contributed by atoms with Gasteiger partial charge in [0.25, 0.3) is 0 Å². The molecule has 2 heterocycles. The third-order valence-corrected chi connectivity index (χ3v) is 5.10. The Morgan fingerprint density at radius 2 is 1.96 bits per heavy atom. The van der Waals surface area contributed by atoms with E-state index < -0.39 is 0 Å². The Balaban J connectivity index is 1.69. The highest BCUT2D eigenvalue weighted by molar-refractivity contribution is 6.15. The molecule has 0 N–H and O–H groups in total. The van der Waals surface area contributed by atoms with Gasteiger partial charge in [0.1, 0.15) is 18.2 Å². The van der Waals surface area contributed by atoms with E-state index in [1.54, 1.807) is 0 Å². The zero-order valence-electron chi connectivity index (χ0n) is 16.3. The van der Waals surface area contributed by atoms with E-state index in [0.717, 1.165) is 41.1 Å². The van der Waals surface area contributed by atoms with Crippen molar-refractivity contribution >= 4 is 11.9 Å². The molecule has 0 fully saturated rings. The van der Waals surface area contributed by atoms with Crippen molar-refractivity contribution in [2.24, 2.45) is 5.92 Å². The Morgan fingerprint density at radius 3 is 2.70 bits per heavy atom. The molecule has 0 aromatic heterocycles. The molecule has 0 bridgehead atoms. The van der Waals surface area contributed by atoms with Gasteiger partial charge in [-0.3, -0.25) is 9.69 Å². The third kappa shape index (κ3) is 3.26. The van der Waals surface area contributed by atoms with Crippen LogP contribution in [-0.2, 0) is 6.54 Å². The minimum absolute atomic E-state index is 0.0554. The first-order valence-electron chi connectivity index (χ1n) is 9.45. The summed E-state index contributed by atoms with van der Waals surface area (Å²) in [5.41, 5.74) is 4.72.